The summed E-state index contributed by atoms with van der Waals surface area (Å²) < 4.78 is 26.7. The molecule has 1 saturated heterocycles. The number of carbonyl (C=O) groups is 2. The predicted molar refractivity (Wildman–Crippen MR) is 74.4 cm³/mol. The van der Waals surface area contributed by atoms with E-state index in [2.05, 4.69) is 10.6 Å². The molecule has 2 atom stereocenters. The maximum atomic E-state index is 13.6. The quantitative estimate of drug-likeness (QED) is 0.663. The van der Waals surface area contributed by atoms with Crippen LogP contribution in [0, 0.1) is 23.5 Å². The van der Waals surface area contributed by atoms with Gasteiger partial charge in [0.25, 0.3) is 0 Å². The van der Waals surface area contributed by atoms with E-state index in [1.165, 1.54) is 12.1 Å². The molecule has 0 spiro atoms. The van der Waals surface area contributed by atoms with E-state index in [0.29, 0.717) is 6.54 Å². The molecule has 4 nitrogen and oxygen atoms in total. The molecule has 2 N–H and O–H groups in total. The Morgan fingerprint density at radius 2 is 2.10 bits per heavy atom. The van der Waals surface area contributed by atoms with Crippen LogP contribution < -0.4 is 10.6 Å². The third kappa shape index (κ3) is 3.26. The molecule has 112 valence electrons. The van der Waals surface area contributed by atoms with E-state index in [4.69, 9.17) is 0 Å². The molecule has 1 aromatic rings. The lowest BCUT2D eigenvalue weighted by Crippen LogP contribution is -2.32. The number of nitrogens with one attached hydrogen (secondary N) is 2. The summed E-state index contributed by atoms with van der Waals surface area (Å²) in [5.74, 6) is -4.47. The largest absolute Gasteiger partial charge is 0.355 e. The van der Waals surface area contributed by atoms with Crippen molar-refractivity contribution in [1.82, 2.24) is 5.32 Å². The molecule has 1 aromatic carbocycles. The van der Waals surface area contributed by atoms with Gasteiger partial charge in [0.15, 0.2) is 11.6 Å². The zero-order valence-corrected chi connectivity index (χ0v) is 11.7. The summed E-state index contributed by atoms with van der Waals surface area (Å²) in [6.45, 7) is 4.09. The van der Waals surface area contributed by atoms with Gasteiger partial charge in [-0.1, -0.05) is 17.7 Å². The Bertz CT molecular complexity index is 610. The molecule has 0 radical (unpaired) electrons. The topological polar surface area (TPSA) is 58.2 Å². The van der Waals surface area contributed by atoms with Crippen molar-refractivity contribution in [2.45, 2.75) is 13.8 Å². The van der Waals surface area contributed by atoms with Gasteiger partial charge in [-0.2, -0.15) is 0 Å². The van der Waals surface area contributed by atoms with Crippen LogP contribution in [0.2, 0.25) is 0 Å². The zero-order chi connectivity index (χ0) is 15.6. The Hall–Kier alpha value is -2.24. The maximum Gasteiger partial charge on any atom is 0.237 e. The van der Waals surface area contributed by atoms with Crippen molar-refractivity contribution in [3.8, 4) is 0 Å². The van der Waals surface area contributed by atoms with Crippen LogP contribution in [-0.4, -0.2) is 18.4 Å². The summed E-state index contributed by atoms with van der Waals surface area (Å²) in [6, 6.07) is 3.49. The summed E-state index contributed by atoms with van der Waals surface area (Å²) in [4.78, 5) is 24.0. The average Bonchev–Trinajstić information content (AvgIpc) is 2.75. The highest BCUT2D eigenvalue weighted by Crippen LogP contribution is 2.24. The van der Waals surface area contributed by atoms with Gasteiger partial charge in [-0.05, 0) is 26.0 Å². The fourth-order valence-electron chi connectivity index (χ4n) is 2.35. The van der Waals surface area contributed by atoms with Gasteiger partial charge in [0.05, 0.1) is 5.69 Å². The van der Waals surface area contributed by atoms with Crippen molar-refractivity contribution in [3.05, 3.63) is 41.5 Å². The average molecular weight is 294 g/mol. The van der Waals surface area contributed by atoms with Crippen molar-refractivity contribution >= 4 is 17.5 Å². The first-order valence-electron chi connectivity index (χ1n) is 6.57. The molecule has 1 aliphatic heterocycles. The Morgan fingerprint density at radius 1 is 1.38 bits per heavy atom. The van der Waals surface area contributed by atoms with Crippen LogP contribution in [0.5, 0.6) is 0 Å². The molecule has 1 fully saturated rings. The normalized spacial score (nSPS) is 20.9. The molecule has 0 aliphatic carbocycles. The smallest absolute Gasteiger partial charge is 0.237 e. The van der Waals surface area contributed by atoms with Gasteiger partial charge in [-0.15, -0.1) is 0 Å². The van der Waals surface area contributed by atoms with Crippen LogP contribution in [-0.2, 0) is 9.59 Å². The van der Waals surface area contributed by atoms with Crippen LogP contribution in [0.1, 0.15) is 13.8 Å². The molecule has 0 aromatic heterocycles. The van der Waals surface area contributed by atoms with Crippen molar-refractivity contribution in [3.63, 3.8) is 0 Å². The first-order chi connectivity index (χ1) is 9.90. The van der Waals surface area contributed by atoms with Gasteiger partial charge in [-0.25, -0.2) is 8.78 Å². The molecular formula is C15H16F2N2O2. The molecule has 1 aliphatic rings. The molecule has 2 amide bonds. The molecule has 21 heavy (non-hydrogen) atoms. The molecular weight excluding hydrogens is 278 g/mol. The number of hydrogen-bond acceptors (Lipinski definition) is 2. The SMILES string of the molecule is CC(C)=CC1CNC(=O)C1C(=O)Nc1cccc(F)c1F. The van der Waals surface area contributed by atoms with E-state index in [1.807, 2.05) is 19.9 Å². The molecule has 2 unspecified atom stereocenters. The van der Waals surface area contributed by atoms with Gasteiger partial charge in [0.2, 0.25) is 11.8 Å². The van der Waals surface area contributed by atoms with Gasteiger partial charge in [-0.3, -0.25) is 9.59 Å². The summed E-state index contributed by atoms with van der Waals surface area (Å²) >= 11 is 0. The van der Waals surface area contributed by atoms with Crippen molar-refractivity contribution in [2.75, 3.05) is 11.9 Å². The van der Waals surface area contributed by atoms with Crippen LogP contribution in [0.4, 0.5) is 14.5 Å². The van der Waals surface area contributed by atoms with Crippen molar-refractivity contribution < 1.29 is 18.4 Å². The van der Waals surface area contributed by atoms with Gasteiger partial charge >= 0.3 is 0 Å². The minimum absolute atomic E-state index is 0.268. The fraction of sp³-hybridized carbons (Fsp3) is 0.333. The number of amides is 2. The number of benzene rings is 1. The first kappa shape index (κ1) is 15.2. The number of hydrogen-bond donors (Lipinski definition) is 2. The molecule has 6 heteroatoms. The van der Waals surface area contributed by atoms with Crippen LogP contribution in [0.15, 0.2) is 29.8 Å². The fourth-order valence-corrected chi connectivity index (χ4v) is 2.35. The lowest BCUT2D eigenvalue weighted by Gasteiger charge is -2.14. The summed E-state index contributed by atoms with van der Waals surface area (Å²) in [5, 5.41) is 4.89. The van der Waals surface area contributed by atoms with Crippen LogP contribution in [0.25, 0.3) is 0 Å². The molecule has 1 heterocycles. The van der Waals surface area contributed by atoms with Crippen molar-refractivity contribution in [2.24, 2.45) is 11.8 Å². The highest BCUT2D eigenvalue weighted by Gasteiger charge is 2.39. The van der Waals surface area contributed by atoms with E-state index >= 15 is 0 Å². The summed E-state index contributed by atoms with van der Waals surface area (Å²) in [5.41, 5.74) is 0.710. The monoisotopic (exact) mass is 294 g/mol. The second kappa shape index (κ2) is 6.03. The molecule has 0 bridgehead atoms. The number of carbonyl (C=O) groups excluding carboxylic acids is 2. The number of allylic oxidation sites excluding steroid dienone is 1. The third-order valence-electron chi connectivity index (χ3n) is 3.26. The number of anilines is 1. The summed E-state index contributed by atoms with van der Waals surface area (Å²) in [6.07, 6.45) is 1.82. The minimum Gasteiger partial charge on any atom is -0.355 e. The Morgan fingerprint density at radius 3 is 2.76 bits per heavy atom. The standard InChI is InChI=1S/C15H16F2N2O2/c1-8(2)6-9-7-18-14(20)12(9)15(21)19-11-5-3-4-10(16)13(11)17/h3-6,9,12H,7H2,1-2H3,(H,18,20)(H,19,21). The second-order valence-electron chi connectivity index (χ2n) is 5.22. The van der Waals surface area contributed by atoms with Crippen molar-refractivity contribution in [1.29, 1.82) is 0 Å². The van der Waals surface area contributed by atoms with Gasteiger partial charge in [0, 0.05) is 12.5 Å². The van der Waals surface area contributed by atoms with E-state index in [-0.39, 0.29) is 11.6 Å². The van der Waals surface area contributed by atoms with Crippen LogP contribution >= 0.6 is 0 Å². The van der Waals surface area contributed by atoms with Gasteiger partial charge in [0.1, 0.15) is 5.92 Å². The second-order valence-corrected chi connectivity index (χ2v) is 5.22. The lowest BCUT2D eigenvalue weighted by molar-refractivity contribution is -0.130. The lowest BCUT2D eigenvalue weighted by atomic mass is 9.92. The zero-order valence-electron chi connectivity index (χ0n) is 11.7. The van der Waals surface area contributed by atoms with E-state index in [0.717, 1.165) is 11.6 Å². The maximum absolute atomic E-state index is 13.6. The van der Waals surface area contributed by atoms with E-state index < -0.39 is 29.4 Å². The predicted octanol–water partition coefficient (Wildman–Crippen LogP) is 2.23. The van der Waals surface area contributed by atoms with Crippen LogP contribution in [0.3, 0.4) is 0 Å². The Balaban J connectivity index is 2.20. The van der Waals surface area contributed by atoms with Gasteiger partial charge < -0.3 is 10.6 Å². The Kier molecular flexibility index (Phi) is 4.35. The molecule has 2 rings (SSSR count). The number of halogens is 2. The Labute approximate surface area is 121 Å². The summed E-state index contributed by atoms with van der Waals surface area (Å²) in [7, 11) is 0. The number of rotatable bonds is 3. The highest BCUT2D eigenvalue weighted by atomic mass is 19.2. The third-order valence-corrected chi connectivity index (χ3v) is 3.26. The first-order valence-corrected chi connectivity index (χ1v) is 6.57. The molecule has 0 saturated carbocycles. The minimum atomic E-state index is -1.14. The highest BCUT2D eigenvalue weighted by molar-refractivity contribution is 6.08. The van der Waals surface area contributed by atoms with E-state index in [9.17, 15) is 18.4 Å². The van der Waals surface area contributed by atoms with E-state index in [1.54, 1.807) is 0 Å².